The molecule has 0 amide bonds. The molecule has 3 N–H and O–H groups in total. The number of nitrogens with zero attached hydrogens (tertiary/aromatic N) is 4. The van der Waals surface area contributed by atoms with Crippen molar-refractivity contribution in [2.75, 3.05) is 0 Å². The first-order valence-corrected chi connectivity index (χ1v) is 4.99. The molecule has 0 fully saturated rings. The Kier molecular flexibility index (Phi) is 3.15. The second-order valence-corrected chi connectivity index (χ2v) is 3.60. The minimum atomic E-state index is -0.0800. The number of aromatic nitrogens is 3. The number of halogens is 1. The van der Waals surface area contributed by atoms with Gasteiger partial charge in [-0.2, -0.15) is 0 Å². The van der Waals surface area contributed by atoms with Crippen LogP contribution in [0.25, 0.3) is 11.3 Å². The Labute approximate surface area is 102 Å². The van der Waals surface area contributed by atoms with Gasteiger partial charge in [0, 0.05) is 18.0 Å². The fourth-order valence-corrected chi connectivity index (χ4v) is 1.43. The van der Waals surface area contributed by atoms with E-state index < -0.39 is 0 Å². The molecule has 6 nitrogen and oxygen atoms in total. The van der Waals surface area contributed by atoms with E-state index in [1.165, 1.54) is 12.5 Å². The van der Waals surface area contributed by atoms with E-state index >= 15 is 0 Å². The van der Waals surface area contributed by atoms with Crippen LogP contribution >= 0.6 is 11.6 Å². The van der Waals surface area contributed by atoms with Gasteiger partial charge >= 0.3 is 0 Å². The van der Waals surface area contributed by atoms with Gasteiger partial charge in [-0.3, -0.25) is 4.98 Å². The molecule has 17 heavy (non-hydrogen) atoms. The number of rotatable bonds is 2. The Morgan fingerprint density at radius 1 is 1.29 bits per heavy atom. The van der Waals surface area contributed by atoms with Crippen LogP contribution in [0, 0.1) is 0 Å². The van der Waals surface area contributed by atoms with Gasteiger partial charge in [0.05, 0.1) is 10.7 Å². The second-order valence-electron chi connectivity index (χ2n) is 3.17. The smallest absolute Gasteiger partial charge is 0.188 e. The Hall–Kier alpha value is -2.21. The lowest BCUT2D eigenvalue weighted by molar-refractivity contribution is 0.318. The topological polar surface area (TPSA) is 97.3 Å². The number of pyridine rings is 1. The summed E-state index contributed by atoms with van der Waals surface area (Å²) in [5.74, 6) is -0.0800. The lowest BCUT2D eigenvalue weighted by Gasteiger charge is -2.02. The van der Waals surface area contributed by atoms with Gasteiger partial charge in [-0.15, -0.1) is 0 Å². The van der Waals surface area contributed by atoms with E-state index in [2.05, 4.69) is 20.1 Å². The molecule has 0 aliphatic carbocycles. The summed E-state index contributed by atoms with van der Waals surface area (Å²) in [5, 5.41) is 11.9. The summed E-state index contributed by atoms with van der Waals surface area (Å²) in [6, 6.07) is 3.30. The van der Waals surface area contributed by atoms with Crippen molar-refractivity contribution in [3.8, 4) is 11.3 Å². The second kappa shape index (κ2) is 4.75. The van der Waals surface area contributed by atoms with Crippen LogP contribution in [0.2, 0.25) is 5.02 Å². The summed E-state index contributed by atoms with van der Waals surface area (Å²) in [6.07, 6.45) is 4.46. The molecule has 0 aliphatic heterocycles. The van der Waals surface area contributed by atoms with E-state index in [0.29, 0.717) is 16.4 Å². The van der Waals surface area contributed by atoms with Gasteiger partial charge in [0.25, 0.3) is 0 Å². The highest BCUT2D eigenvalue weighted by molar-refractivity contribution is 6.30. The number of nitrogens with two attached hydrogens (primary N) is 1. The molecule has 2 aromatic rings. The molecule has 0 unspecified atom stereocenters. The molecule has 0 radical (unpaired) electrons. The Bertz CT molecular complexity index is 572. The van der Waals surface area contributed by atoms with Crippen LogP contribution in [0.5, 0.6) is 0 Å². The molecule has 2 rings (SSSR count). The first-order chi connectivity index (χ1) is 8.20. The molecule has 2 aromatic heterocycles. The van der Waals surface area contributed by atoms with Crippen LogP contribution in [0.4, 0.5) is 0 Å². The average molecular weight is 250 g/mol. The predicted octanol–water partition coefficient (Wildman–Crippen LogP) is 1.29. The van der Waals surface area contributed by atoms with E-state index in [9.17, 15) is 0 Å². The Morgan fingerprint density at radius 3 is 2.82 bits per heavy atom. The number of amidine groups is 1. The largest absolute Gasteiger partial charge is 0.409 e. The van der Waals surface area contributed by atoms with Crippen LogP contribution in [-0.2, 0) is 0 Å². The van der Waals surface area contributed by atoms with E-state index in [-0.39, 0.29) is 5.84 Å². The maximum absolute atomic E-state index is 8.56. The van der Waals surface area contributed by atoms with Crippen LogP contribution in [-0.4, -0.2) is 26.0 Å². The van der Waals surface area contributed by atoms with Gasteiger partial charge < -0.3 is 10.9 Å². The molecule has 0 spiro atoms. The minimum Gasteiger partial charge on any atom is -0.409 e. The summed E-state index contributed by atoms with van der Waals surface area (Å²) < 4.78 is 0. The number of oxime groups is 1. The highest BCUT2D eigenvalue weighted by Crippen LogP contribution is 2.19. The van der Waals surface area contributed by atoms with Gasteiger partial charge in [0.1, 0.15) is 12.0 Å². The zero-order chi connectivity index (χ0) is 12.3. The quantitative estimate of drug-likeness (QED) is 0.362. The SMILES string of the molecule is N/C(=N\O)c1cc(-c2cncc(Cl)c2)ncn1. The highest BCUT2D eigenvalue weighted by atomic mass is 35.5. The lowest BCUT2D eigenvalue weighted by atomic mass is 10.2. The summed E-state index contributed by atoms with van der Waals surface area (Å²) in [6.45, 7) is 0. The third-order valence-electron chi connectivity index (χ3n) is 2.04. The molecule has 0 aromatic carbocycles. The van der Waals surface area contributed by atoms with E-state index in [1.807, 2.05) is 0 Å². The molecular formula is C10H8ClN5O. The van der Waals surface area contributed by atoms with Gasteiger partial charge in [0.2, 0.25) is 0 Å². The van der Waals surface area contributed by atoms with Crippen LogP contribution in [0.3, 0.4) is 0 Å². The molecule has 0 saturated carbocycles. The van der Waals surface area contributed by atoms with E-state index in [1.54, 1.807) is 18.3 Å². The monoisotopic (exact) mass is 249 g/mol. The minimum absolute atomic E-state index is 0.0800. The van der Waals surface area contributed by atoms with Crippen LogP contribution < -0.4 is 5.73 Å². The van der Waals surface area contributed by atoms with Crippen LogP contribution in [0.15, 0.2) is 36.0 Å². The van der Waals surface area contributed by atoms with Gasteiger partial charge in [-0.25, -0.2) is 9.97 Å². The zero-order valence-electron chi connectivity index (χ0n) is 8.58. The van der Waals surface area contributed by atoms with E-state index in [4.69, 9.17) is 22.5 Å². The molecule has 86 valence electrons. The van der Waals surface area contributed by atoms with Crippen molar-refractivity contribution >= 4 is 17.4 Å². The van der Waals surface area contributed by atoms with Gasteiger partial charge in [-0.1, -0.05) is 16.8 Å². The lowest BCUT2D eigenvalue weighted by Crippen LogP contribution is -2.15. The first kappa shape index (κ1) is 11.3. The van der Waals surface area contributed by atoms with E-state index in [0.717, 1.165) is 5.56 Å². The molecule has 0 saturated heterocycles. The van der Waals surface area contributed by atoms with Crippen LogP contribution in [0.1, 0.15) is 5.69 Å². The summed E-state index contributed by atoms with van der Waals surface area (Å²) in [4.78, 5) is 11.9. The maximum atomic E-state index is 8.56. The van der Waals surface area contributed by atoms with Crippen molar-refractivity contribution in [2.24, 2.45) is 10.9 Å². The molecular weight excluding hydrogens is 242 g/mol. The van der Waals surface area contributed by atoms with Crippen molar-refractivity contribution in [3.63, 3.8) is 0 Å². The van der Waals surface area contributed by atoms with Crippen molar-refractivity contribution in [1.29, 1.82) is 0 Å². The third kappa shape index (κ3) is 2.48. The van der Waals surface area contributed by atoms with Crippen molar-refractivity contribution in [1.82, 2.24) is 15.0 Å². The summed E-state index contributed by atoms with van der Waals surface area (Å²) in [5.41, 5.74) is 7.09. The number of hydrogen-bond acceptors (Lipinski definition) is 5. The molecule has 7 heteroatoms. The van der Waals surface area contributed by atoms with Gasteiger partial charge in [0.15, 0.2) is 5.84 Å². The highest BCUT2D eigenvalue weighted by Gasteiger charge is 2.06. The molecule has 0 bridgehead atoms. The van der Waals surface area contributed by atoms with Gasteiger partial charge in [-0.05, 0) is 12.1 Å². The Morgan fingerprint density at radius 2 is 2.12 bits per heavy atom. The molecule has 2 heterocycles. The molecule has 0 atom stereocenters. The summed E-state index contributed by atoms with van der Waals surface area (Å²) in [7, 11) is 0. The molecule has 0 aliphatic rings. The maximum Gasteiger partial charge on any atom is 0.188 e. The number of hydrogen-bond donors (Lipinski definition) is 2. The van der Waals surface area contributed by atoms with Crippen molar-refractivity contribution < 1.29 is 5.21 Å². The normalized spacial score (nSPS) is 11.5. The fourth-order valence-electron chi connectivity index (χ4n) is 1.26. The zero-order valence-corrected chi connectivity index (χ0v) is 9.33. The summed E-state index contributed by atoms with van der Waals surface area (Å²) >= 11 is 5.83. The Balaban J connectivity index is 2.47. The standard InChI is InChI=1S/C10H8ClN5O/c11-7-1-6(3-13-4-7)8-2-9(10(12)16-17)15-5-14-8/h1-5,17H,(H2,12,16). The predicted molar refractivity (Wildman–Crippen MR) is 62.8 cm³/mol. The average Bonchev–Trinajstić information content (AvgIpc) is 2.38. The first-order valence-electron chi connectivity index (χ1n) is 4.61. The third-order valence-corrected chi connectivity index (χ3v) is 2.24. The van der Waals surface area contributed by atoms with Crippen molar-refractivity contribution in [2.45, 2.75) is 0 Å². The van der Waals surface area contributed by atoms with Crippen molar-refractivity contribution in [3.05, 3.63) is 41.6 Å². The fraction of sp³-hybridized carbons (Fsp3) is 0.